The lowest BCUT2D eigenvalue weighted by Gasteiger charge is -2.28. The van der Waals surface area contributed by atoms with Crippen LogP contribution in [0.25, 0.3) is 6.08 Å². The number of para-hydroxylation sites is 1. The highest BCUT2D eigenvalue weighted by Crippen LogP contribution is 2.26. The quantitative estimate of drug-likeness (QED) is 0.369. The number of rotatable bonds is 12. The number of carbonyl (C=O) groups is 2. The van der Waals surface area contributed by atoms with E-state index in [1.807, 2.05) is 86.7 Å². The number of hydrogen-bond acceptors (Lipinski definition) is 5. The van der Waals surface area contributed by atoms with E-state index >= 15 is 0 Å². The van der Waals surface area contributed by atoms with Crippen LogP contribution in [0.4, 0.5) is 5.69 Å². The Morgan fingerprint density at radius 1 is 1.00 bits per heavy atom. The number of benzene rings is 2. The topological polar surface area (TPSA) is 88.7 Å². The molecule has 3 atom stereocenters. The maximum absolute atomic E-state index is 13.3. The van der Waals surface area contributed by atoms with Gasteiger partial charge in [-0.2, -0.15) is 0 Å². The zero-order chi connectivity index (χ0) is 24.9. The molecule has 0 bridgehead atoms. The smallest absolute Gasteiger partial charge is 0.247 e. The summed E-state index contributed by atoms with van der Waals surface area (Å²) in [5.74, 6) is -1.50. The first-order chi connectivity index (χ1) is 17.0. The van der Waals surface area contributed by atoms with Crippen LogP contribution in [-0.4, -0.2) is 24.7 Å². The summed E-state index contributed by atoms with van der Waals surface area (Å²) in [7, 11) is 0. The molecule has 0 aliphatic carbocycles. The van der Waals surface area contributed by atoms with Crippen molar-refractivity contribution in [2.75, 3.05) is 12.0 Å². The molecule has 2 amide bonds. The van der Waals surface area contributed by atoms with Crippen LogP contribution in [-0.2, 0) is 19.2 Å². The molecular formula is C28H37N3O4. The summed E-state index contributed by atoms with van der Waals surface area (Å²) in [6.07, 6.45) is 7.13. The van der Waals surface area contributed by atoms with Gasteiger partial charge in [0, 0.05) is 13.0 Å². The maximum atomic E-state index is 13.3. The summed E-state index contributed by atoms with van der Waals surface area (Å²) in [5, 5.41) is 0. The summed E-state index contributed by atoms with van der Waals surface area (Å²) < 4.78 is 5.57. The molecule has 1 heterocycles. The van der Waals surface area contributed by atoms with Crippen molar-refractivity contribution in [1.29, 1.82) is 0 Å². The van der Waals surface area contributed by atoms with E-state index in [1.165, 1.54) is 0 Å². The van der Waals surface area contributed by atoms with Gasteiger partial charge in [0.05, 0.1) is 17.5 Å². The van der Waals surface area contributed by atoms with E-state index in [-0.39, 0.29) is 17.7 Å². The molecule has 1 unspecified atom stereocenters. The predicted molar refractivity (Wildman–Crippen MR) is 138 cm³/mol. The number of anilines is 1. The van der Waals surface area contributed by atoms with Gasteiger partial charge in [-0.1, -0.05) is 74.5 Å². The minimum absolute atomic E-state index is 0.221. The molecule has 1 aliphatic heterocycles. The average Bonchev–Trinajstić information content (AvgIpc) is 2.89. The first-order valence-corrected chi connectivity index (χ1v) is 12.4. The molecule has 7 nitrogen and oxygen atoms in total. The highest BCUT2D eigenvalue weighted by atomic mass is 16.8. The molecule has 3 N–H and O–H groups in total. The molecule has 2 aromatic rings. The first-order valence-electron chi connectivity index (χ1n) is 12.4. The Morgan fingerprint density at radius 3 is 2.37 bits per heavy atom. The van der Waals surface area contributed by atoms with Crippen molar-refractivity contribution in [2.24, 2.45) is 17.8 Å². The molecule has 3 rings (SSSR count). The van der Waals surface area contributed by atoms with Gasteiger partial charge in [-0.15, -0.1) is 0 Å². The van der Waals surface area contributed by atoms with Gasteiger partial charge in [0.2, 0.25) is 11.8 Å². The highest BCUT2D eigenvalue weighted by molar-refractivity contribution is 5.88. The molecule has 1 fully saturated rings. The van der Waals surface area contributed by atoms with Crippen LogP contribution in [0.1, 0.15) is 51.5 Å². The van der Waals surface area contributed by atoms with Crippen LogP contribution >= 0.6 is 0 Å². The van der Waals surface area contributed by atoms with Crippen molar-refractivity contribution in [3.8, 4) is 0 Å². The van der Waals surface area contributed by atoms with E-state index in [4.69, 9.17) is 9.57 Å². The van der Waals surface area contributed by atoms with Gasteiger partial charge in [-0.3, -0.25) is 20.4 Å². The number of hydrazine groups is 1. The Morgan fingerprint density at radius 2 is 1.71 bits per heavy atom. The van der Waals surface area contributed by atoms with Gasteiger partial charge < -0.3 is 4.74 Å². The molecule has 0 aromatic heterocycles. The van der Waals surface area contributed by atoms with Gasteiger partial charge in [0.15, 0.2) is 6.29 Å². The van der Waals surface area contributed by atoms with Crippen LogP contribution in [0.15, 0.2) is 66.7 Å². The number of carbonyl (C=O) groups excluding carboxylic acids is 2. The Bertz CT molecular complexity index is 928. The molecule has 1 saturated heterocycles. The number of ether oxygens (including phenoxy) is 1. The molecule has 188 valence electrons. The maximum Gasteiger partial charge on any atom is 0.247 e. The number of hydroxylamine groups is 1. The zero-order valence-electron chi connectivity index (χ0n) is 20.6. The second kappa shape index (κ2) is 14.3. The van der Waals surface area contributed by atoms with Crippen LogP contribution in [0.3, 0.4) is 0 Å². The van der Waals surface area contributed by atoms with E-state index < -0.39 is 18.1 Å². The van der Waals surface area contributed by atoms with Gasteiger partial charge in [0.25, 0.3) is 0 Å². The molecular weight excluding hydrogens is 442 g/mol. The lowest BCUT2D eigenvalue weighted by atomic mass is 9.82. The van der Waals surface area contributed by atoms with Gasteiger partial charge >= 0.3 is 0 Å². The van der Waals surface area contributed by atoms with Crippen molar-refractivity contribution in [1.82, 2.24) is 10.9 Å². The monoisotopic (exact) mass is 479 g/mol. The summed E-state index contributed by atoms with van der Waals surface area (Å²) >= 11 is 0. The lowest BCUT2D eigenvalue weighted by molar-refractivity contribution is -0.203. The first kappa shape index (κ1) is 26.4. The normalized spacial score (nSPS) is 17.6. The van der Waals surface area contributed by atoms with Crippen molar-refractivity contribution in [3.63, 3.8) is 0 Å². The standard InChI is InChI=1S/C28H37N3O4/c1-21(2)20-25(27(32)30-29-23-15-7-4-8-16-23)24(17-11-14-22-12-5-3-6-13-22)28(33)31-35-26-18-9-10-19-34-26/h3-8,11-16,21,24-26,29H,9-10,17-20H2,1-2H3,(H,30,32)(H,31,33)/t24-,25+,26?/m0/s1. The highest BCUT2D eigenvalue weighted by Gasteiger charge is 2.34. The van der Waals surface area contributed by atoms with Crippen LogP contribution in [0.2, 0.25) is 0 Å². The zero-order valence-corrected chi connectivity index (χ0v) is 20.6. The molecule has 0 spiro atoms. The van der Waals surface area contributed by atoms with E-state index in [0.29, 0.717) is 19.4 Å². The summed E-state index contributed by atoms with van der Waals surface area (Å²) in [6.45, 7) is 4.71. The third-order valence-corrected chi connectivity index (χ3v) is 5.92. The summed E-state index contributed by atoms with van der Waals surface area (Å²) in [5.41, 5.74) is 10.1. The van der Waals surface area contributed by atoms with E-state index in [1.54, 1.807) is 0 Å². The molecule has 1 aliphatic rings. The fourth-order valence-electron chi connectivity index (χ4n) is 4.08. The third-order valence-electron chi connectivity index (χ3n) is 5.92. The van der Waals surface area contributed by atoms with Crippen molar-refractivity contribution < 1.29 is 19.2 Å². The largest absolute Gasteiger partial charge is 0.350 e. The predicted octanol–water partition coefficient (Wildman–Crippen LogP) is 5.09. The number of allylic oxidation sites excluding steroid dienone is 1. The lowest BCUT2D eigenvalue weighted by Crippen LogP contribution is -2.45. The number of nitrogens with one attached hydrogen (secondary N) is 3. The average molecular weight is 480 g/mol. The molecule has 2 aromatic carbocycles. The van der Waals surface area contributed by atoms with E-state index in [0.717, 1.165) is 30.5 Å². The fraction of sp³-hybridized carbons (Fsp3) is 0.429. The van der Waals surface area contributed by atoms with Gasteiger partial charge in [0.1, 0.15) is 0 Å². The molecule has 35 heavy (non-hydrogen) atoms. The Hall–Kier alpha value is -3.16. The second-order valence-corrected chi connectivity index (χ2v) is 9.25. The fourth-order valence-corrected chi connectivity index (χ4v) is 4.08. The van der Waals surface area contributed by atoms with E-state index in [2.05, 4.69) is 16.3 Å². The molecule has 0 saturated carbocycles. The molecule has 0 radical (unpaired) electrons. The summed E-state index contributed by atoms with van der Waals surface area (Å²) in [4.78, 5) is 32.2. The Balaban J connectivity index is 1.73. The van der Waals surface area contributed by atoms with Crippen molar-refractivity contribution in [3.05, 3.63) is 72.3 Å². The van der Waals surface area contributed by atoms with Crippen LogP contribution in [0.5, 0.6) is 0 Å². The van der Waals surface area contributed by atoms with Gasteiger partial charge in [-0.25, -0.2) is 10.3 Å². The van der Waals surface area contributed by atoms with E-state index in [9.17, 15) is 9.59 Å². The molecule has 7 heteroatoms. The number of hydrogen-bond donors (Lipinski definition) is 3. The van der Waals surface area contributed by atoms with Crippen LogP contribution in [0, 0.1) is 17.8 Å². The minimum atomic E-state index is -0.612. The SMILES string of the molecule is CC(C)C[C@@H](C(=O)NNc1ccccc1)[C@H](CC=Cc1ccccc1)C(=O)NOC1CCCCO1. The van der Waals surface area contributed by atoms with Crippen LogP contribution < -0.4 is 16.3 Å². The third kappa shape index (κ3) is 9.19. The Labute approximate surface area is 208 Å². The van der Waals surface area contributed by atoms with Crippen molar-refractivity contribution in [2.45, 2.75) is 52.2 Å². The second-order valence-electron chi connectivity index (χ2n) is 9.25. The number of amides is 2. The Kier molecular flexibility index (Phi) is 10.8. The van der Waals surface area contributed by atoms with Gasteiger partial charge in [-0.05, 0) is 49.3 Å². The summed E-state index contributed by atoms with van der Waals surface area (Å²) in [6, 6.07) is 19.3. The minimum Gasteiger partial charge on any atom is -0.350 e. The van der Waals surface area contributed by atoms with Crippen molar-refractivity contribution >= 4 is 23.6 Å².